The van der Waals surface area contributed by atoms with Gasteiger partial charge in [0, 0.05) is 23.7 Å². The van der Waals surface area contributed by atoms with Gasteiger partial charge in [-0.05, 0) is 19.1 Å². The zero-order valence-corrected chi connectivity index (χ0v) is 9.88. The molecule has 0 aliphatic carbocycles. The molecule has 1 amide bonds. The van der Waals surface area contributed by atoms with Crippen LogP contribution in [0.15, 0.2) is 18.2 Å². The summed E-state index contributed by atoms with van der Waals surface area (Å²) in [6.07, 6.45) is 0. The van der Waals surface area contributed by atoms with Gasteiger partial charge in [0.15, 0.2) is 6.61 Å². The van der Waals surface area contributed by atoms with Crippen molar-refractivity contribution in [2.45, 2.75) is 6.92 Å². The van der Waals surface area contributed by atoms with Gasteiger partial charge in [-0.2, -0.15) is 0 Å². The summed E-state index contributed by atoms with van der Waals surface area (Å²) in [4.78, 5) is 11.2. The number of carbonyl (C=O) groups is 1. The van der Waals surface area contributed by atoms with Crippen LogP contribution in [0, 0.1) is 6.92 Å². The minimum atomic E-state index is -0.190. The first-order valence-corrected chi connectivity index (χ1v) is 5.37. The van der Waals surface area contributed by atoms with Crippen LogP contribution in [-0.4, -0.2) is 25.6 Å². The van der Waals surface area contributed by atoms with E-state index in [1.54, 1.807) is 18.2 Å². The zero-order chi connectivity index (χ0) is 12.0. The second-order valence-corrected chi connectivity index (χ2v) is 3.70. The molecule has 0 aliphatic heterocycles. The first-order valence-electron chi connectivity index (χ1n) is 5.00. The van der Waals surface area contributed by atoms with Gasteiger partial charge in [0.1, 0.15) is 5.75 Å². The van der Waals surface area contributed by atoms with Crippen molar-refractivity contribution >= 4 is 17.5 Å². The van der Waals surface area contributed by atoms with E-state index in [0.717, 1.165) is 5.56 Å². The molecule has 3 N–H and O–H groups in total. The Morgan fingerprint density at radius 1 is 1.56 bits per heavy atom. The van der Waals surface area contributed by atoms with Gasteiger partial charge in [-0.1, -0.05) is 17.7 Å². The summed E-state index contributed by atoms with van der Waals surface area (Å²) >= 11 is 5.92. The van der Waals surface area contributed by atoms with Crippen molar-refractivity contribution in [3.8, 4) is 5.75 Å². The zero-order valence-electron chi connectivity index (χ0n) is 9.13. The lowest BCUT2D eigenvalue weighted by atomic mass is 10.2. The Morgan fingerprint density at radius 3 is 3.00 bits per heavy atom. The highest BCUT2D eigenvalue weighted by molar-refractivity contribution is 6.31. The Bertz CT molecular complexity index is 369. The van der Waals surface area contributed by atoms with Crippen molar-refractivity contribution in [2.24, 2.45) is 5.73 Å². The molecule has 0 aliphatic rings. The van der Waals surface area contributed by atoms with Crippen LogP contribution in [0.1, 0.15) is 5.56 Å². The highest BCUT2D eigenvalue weighted by atomic mass is 35.5. The van der Waals surface area contributed by atoms with Gasteiger partial charge in [-0.25, -0.2) is 0 Å². The lowest BCUT2D eigenvalue weighted by Gasteiger charge is -2.09. The predicted molar refractivity (Wildman–Crippen MR) is 63.7 cm³/mol. The Labute approximate surface area is 99.7 Å². The van der Waals surface area contributed by atoms with E-state index in [-0.39, 0.29) is 12.5 Å². The second kappa shape index (κ2) is 6.35. The molecule has 16 heavy (non-hydrogen) atoms. The number of hydrogen-bond donors (Lipinski definition) is 2. The van der Waals surface area contributed by atoms with Crippen molar-refractivity contribution in [1.82, 2.24) is 5.32 Å². The SMILES string of the molecule is Cc1c(Cl)cccc1OCC(=O)NCCN. The van der Waals surface area contributed by atoms with E-state index >= 15 is 0 Å². The summed E-state index contributed by atoms with van der Waals surface area (Å²) in [6.45, 7) is 2.69. The quantitative estimate of drug-likeness (QED) is 0.813. The fraction of sp³-hybridized carbons (Fsp3) is 0.364. The van der Waals surface area contributed by atoms with Gasteiger partial charge < -0.3 is 15.8 Å². The number of halogens is 1. The molecule has 0 unspecified atom stereocenters. The van der Waals surface area contributed by atoms with E-state index < -0.39 is 0 Å². The second-order valence-electron chi connectivity index (χ2n) is 3.29. The molecular weight excluding hydrogens is 228 g/mol. The van der Waals surface area contributed by atoms with E-state index in [1.807, 2.05) is 6.92 Å². The largest absolute Gasteiger partial charge is 0.483 e. The van der Waals surface area contributed by atoms with Crippen LogP contribution in [0.3, 0.4) is 0 Å². The molecule has 88 valence electrons. The lowest BCUT2D eigenvalue weighted by molar-refractivity contribution is -0.123. The van der Waals surface area contributed by atoms with Crippen molar-refractivity contribution < 1.29 is 9.53 Å². The van der Waals surface area contributed by atoms with Crippen molar-refractivity contribution in [3.05, 3.63) is 28.8 Å². The van der Waals surface area contributed by atoms with Gasteiger partial charge in [0.25, 0.3) is 5.91 Å². The summed E-state index contributed by atoms with van der Waals surface area (Å²) in [5.41, 5.74) is 6.08. The molecule has 0 radical (unpaired) electrons. The Morgan fingerprint density at radius 2 is 2.31 bits per heavy atom. The number of rotatable bonds is 5. The minimum absolute atomic E-state index is 0.0266. The maximum absolute atomic E-state index is 11.2. The van der Waals surface area contributed by atoms with Crippen LogP contribution < -0.4 is 15.8 Å². The first kappa shape index (κ1) is 12.8. The topological polar surface area (TPSA) is 64.3 Å². The Kier molecular flexibility index (Phi) is 5.08. The average molecular weight is 243 g/mol. The number of nitrogens with two attached hydrogens (primary N) is 1. The number of carbonyl (C=O) groups excluding carboxylic acids is 1. The summed E-state index contributed by atoms with van der Waals surface area (Å²) in [6, 6.07) is 5.33. The summed E-state index contributed by atoms with van der Waals surface area (Å²) in [5, 5.41) is 3.24. The van der Waals surface area contributed by atoms with Gasteiger partial charge >= 0.3 is 0 Å². The predicted octanol–water partition coefficient (Wildman–Crippen LogP) is 1.10. The normalized spacial score (nSPS) is 9.94. The molecule has 0 heterocycles. The molecular formula is C11H15ClN2O2. The third-order valence-electron chi connectivity index (χ3n) is 2.04. The van der Waals surface area contributed by atoms with E-state index in [4.69, 9.17) is 22.1 Å². The molecule has 1 aromatic carbocycles. The molecule has 1 rings (SSSR count). The van der Waals surface area contributed by atoms with Crippen molar-refractivity contribution in [3.63, 3.8) is 0 Å². The maximum atomic E-state index is 11.2. The summed E-state index contributed by atoms with van der Waals surface area (Å²) in [7, 11) is 0. The smallest absolute Gasteiger partial charge is 0.257 e. The van der Waals surface area contributed by atoms with E-state index in [1.165, 1.54) is 0 Å². The molecule has 5 heteroatoms. The van der Waals surface area contributed by atoms with Crippen molar-refractivity contribution in [1.29, 1.82) is 0 Å². The number of hydrogen-bond acceptors (Lipinski definition) is 3. The third kappa shape index (κ3) is 3.72. The van der Waals surface area contributed by atoms with Crippen molar-refractivity contribution in [2.75, 3.05) is 19.7 Å². The molecule has 4 nitrogen and oxygen atoms in total. The minimum Gasteiger partial charge on any atom is -0.483 e. The molecule has 0 atom stereocenters. The van der Waals surface area contributed by atoms with Gasteiger partial charge in [-0.3, -0.25) is 4.79 Å². The fourth-order valence-electron chi connectivity index (χ4n) is 1.15. The number of ether oxygens (including phenoxy) is 1. The molecule has 0 saturated heterocycles. The molecule has 0 bridgehead atoms. The molecule has 0 saturated carbocycles. The molecule has 0 spiro atoms. The van der Waals surface area contributed by atoms with Gasteiger partial charge in [-0.15, -0.1) is 0 Å². The lowest BCUT2D eigenvalue weighted by Crippen LogP contribution is -2.32. The van der Waals surface area contributed by atoms with Crippen LogP contribution >= 0.6 is 11.6 Å². The first-order chi connectivity index (χ1) is 7.65. The number of benzene rings is 1. The highest BCUT2D eigenvalue weighted by Gasteiger charge is 2.05. The van der Waals surface area contributed by atoms with Crippen LogP contribution in [0.2, 0.25) is 5.02 Å². The van der Waals surface area contributed by atoms with Gasteiger partial charge in [0.2, 0.25) is 0 Å². The highest BCUT2D eigenvalue weighted by Crippen LogP contribution is 2.24. The Balaban J connectivity index is 2.48. The maximum Gasteiger partial charge on any atom is 0.257 e. The molecule has 0 aromatic heterocycles. The van der Waals surface area contributed by atoms with E-state index in [2.05, 4.69) is 5.32 Å². The van der Waals surface area contributed by atoms with Crippen LogP contribution in [-0.2, 0) is 4.79 Å². The van der Waals surface area contributed by atoms with E-state index in [9.17, 15) is 4.79 Å². The molecule has 1 aromatic rings. The molecule has 0 fully saturated rings. The number of nitrogens with one attached hydrogen (secondary N) is 1. The van der Waals surface area contributed by atoms with Crippen LogP contribution in [0.25, 0.3) is 0 Å². The third-order valence-corrected chi connectivity index (χ3v) is 2.45. The fourth-order valence-corrected chi connectivity index (χ4v) is 1.32. The average Bonchev–Trinajstić information content (AvgIpc) is 2.28. The number of amides is 1. The summed E-state index contributed by atoms with van der Waals surface area (Å²) in [5.74, 6) is 0.431. The van der Waals surface area contributed by atoms with Crippen LogP contribution in [0.5, 0.6) is 5.75 Å². The Hall–Kier alpha value is -1.26. The van der Waals surface area contributed by atoms with Gasteiger partial charge in [0.05, 0.1) is 0 Å². The monoisotopic (exact) mass is 242 g/mol. The summed E-state index contributed by atoms with van der Waals surface area (Å²) < 4.78 is 5.34. The van der Waals surface area contributed by atoms with E-state index in [0.29, 0.717) is 23.9 Å². The standard InChI is InChI=1S/C11H15ClN2O2/c1-8-9(12)3-2-4-10(8)16-7-11(15)14-6-5-13/h2-4H,5-7,13H2,1H3,(H,14,15). The van der Waals surface area contributed by atoms with Crippen LogP contribution in [0.4, 0.5) is 0 Å².